The van der Waals surface area contributed by atoms with Crippen molar-refractivity contribution >= 4 is 21.5 Å². The van der Waals surface area contributed by atoms with Gasteiger partial charge in [0.05, 0.1) is 12.7 Å². The van der Waals surface area contributed by atoms with Crippen molar-refractivity contribution in [3.05, 3.63) is 100 Å². The van der Waals surface area contributed by atoms with E-state index in [4.69, 9.17) is 4.74 Å². The van der Waals surface area contributed by atoms with Crippen molar-refractivity contribution in [1.82, 2.24) is 0 Å². The molecule has 0 radical (unpaired) electrons. The quantitative estimate of drug-likeness (QED) is 0.0880. The maximum absolute atomic E-state index is 15.5. The molecule has 0 saturated heterocycles. The molecule has 212 valence electrons. The van der Waals surface area contributed by atoms with Gasteiger partial charge >= 0.3 is 6.18 Å². The van der Waals surface area contributed by atoms with Crippen LogP contribution in [0.4, 0.5) is 52.7 Å². The Morgan fingerprint density at radius 1 is 0.512 bits per heavy atom. The minimum Gasteiger partial charge on any atom is -0.497 e. The van der Waals surface area contributed by atoms with Gasteiger partial charge in [-0.1, -0.05) is 18.2 Å². The molecule has 0 unspecified atom stereocenters. The fourth-order valence-corrected chi connectivity index (χ4v) is 4.73. The largest absolute Gasteiger partial charge is 0.497 e. The molecule has 0 aliphatic carbocycles. The van der Waals surface area contributed by atoms with Crippen LogP contribution in [0, 0.1) is 52.4 Å². The van der Waals surface area contributed by atoms with E-state index in [0.29, 0.717) is 6.07 Å². The summed E-state index contributed by atoms with van der Waals surface area (Å²) in [6.45, 7) is 0. The van der Waals surface area contributed by atoms with Crippen molar-refractivity contribution in [2.45, 2.75) is 6.18 Å². The molecule has 0 heterocycles. The molecular formula is C28H10F12O. The highest BCUT2D eigenvalue weighted by Crippen LogP contribution is 2.49. The monoisotopic (exact) mass is 590 g/mol. The normalized spacial score (nSPS) is 12.0. The number of alkyl halides is 3. The summed E-state index contributed by atoms with van der Waals surface area (Å²) in [5.41, 5.74) is -7.04. The first-order chi connectivity index (χ1) is 19.2. The Balaban J connectivity index is 2.12. The van der Waals surface area contributed by atoms with Crippen LogP contribution in [0.1, 0.15) is 5.56 Å². The first-order valence-corrected chi connectivity index (χ1v) is 11.2. The van der Waals surface area contributed by atoms with Gasteiger partial charge in [0.2, 0.25) is 0 Å². The van der Waals surface area contributed by atoms with E-state index in [1.54, 1.807) is 0 Å². The van der Waals surface area contributed by atoms with Crippen molar-refractivity contribution < 1.29 is 57.4 Å². The Kier molecular flexibility index (Phi) is 6.58. The Morgan fingerprint density at radius 2 is 1.02 bits per heavy atom. The van der Waals surface area contributed by atoms with Crippen LogP contribution < -0.4 is 4.74 Å². The minimum absolute atomic E-state index is 0.0750. The van der Waals surface area contributed by atoms with Gasteiger partial charge in [-0.15, -0.1) is 0 Å². The molecule has 0 N–H and O–H groups in total. The highest BCUT2D eigenvalue weighted by Gasteiger charge is 2.43. The van der Waals surface area contributed by atoms with E-state index in [1.807, 2.05) is 0 Å². The van der Waals surface area contributed by atoms with Gasteiger partial charge in [-0.25, -0.2) is 39.5 Å². The SMILES string of the molecule is COc1ccc(-c2c3ccc(F)cc3c(-c3c(F)c(F)c(C(F)(F)F)c(F)c3F)c3c(F)c(F)c(F)c(F)c23)cc1. The number of hydrogen-bond donors (Lipinski definition) is 0. The second-order valence-electron chi connectivity index (χ2n) is 8.68. The molecule has 5 aromatic rings. The summed E-state index contributed by atoms with van der Waals surface area (Å²) < 4.78 is 179. The molecule has 0 aromatic heterocycles. The van der Waals surface area contributed by atoms with Crippen LogP contribution in [0.15, 0.2) is 42.5 Å². The molecule has 0 aliphatic heterocycles. The highest BCUT2D eigenvalue weighted by molar-refractivity contribution is 6.21. The topological polar surface area (TPSA) is 9.23 Å². The first-order valence-electron chi connectivity index (χ1n) is 11.2. The molecule has 0 amide bonds. The van der Waals surface area contributed by atoms with E-state index in [-0.39, 0.29) is 11.3 Å². The third kappa shape index (κ3) is 4.13. The van der Waals surface area contributed by atoms with Gasteiger partial charge in [0.25, 0.3) is 0 Å². The maximum Gasteiger partial charge on any atom is 0.422 e. The number of halogens is 12. The van der Waals surface area contributed by atoms with E-state index >= 15 is 17.6 Å². The van der Waals surface area contributed by atoms with E-state index in [9.17, 15) is 35.1 Å². The predicted octanol–water partition coefficient (Wildman–Crippen LogP) is 9.61. The van der Waals surface area contributed by atoms with Crippen molar-refractivity contribution in [2.75, 3.05) is 7.11 Å². The lowest BCUT2D eigenvalue weighted by Crippen LogP contribution is -2.16. The maximum atomic E-state index is 15.5. The lowest BCUT2D eigenvalue weighted by atomic mass is 9.84. The third-order valence-electron chi connectivity index (χ3n) is 6.46. The smallest absolute Gasteiger partial charge is 0.422 e. The van der Waals surface area contributed by atoms with Crippen molar-refractivity contribution in [3.8, 4) is 28.0 Å². The summed E-state index contributed by atoms with van der Waals surface area (Å²) in [5.74, 6) is -21.7. The average molecular weight is 590 g/mol. The van der Waals surface area contributed by atoms with E-state index in [1.165, 1.54) is 31.4 Å². The fraction of sp³-hybridized carbons (Fsp3) is 0.0714. The van der Waals surface area contributed by atoms with Gasteiger partial charge < -0.3 is 4.74 Å². The summed E-state index contributed by atoms with van der Waals surface area (Å²) in [6, 6.07) is 7.11. The second kappa shape index (κ2) is 9.60. The Hall–Kier alpha value is -4.42. The molecule has 0 spiro atoms. The van der Waals surface area contributed by atoms with Gasteiger partial charge in [-0.3, -0.25) is 0 Å². The molecule has 0 aliphatic rings. The summed E-state index contributed by atoms with van der Waals surface area (Å²) in [7, 11) is 1.29. The number of fused-ring (bicyclic) bond motifs is 2. The van der Waals surface area contributed by atoms with Crippen LogP contribution in [0.3, 0.4) is 0 Å². The van der Waals surface area contributed by atoms with Crippen molar-refractivity contribution in [3.63, 3.8) is 0 Å². The van der Waals surface area contributed by atoms with E-state index in [0.717, 1.165) is 12.1 Å². The number of ether oxygens (including phenoxy) is 1. The van der Waals surface area contributed by atoms with Crippen LogP contribution in [0.25, 0.3) is 43.8 Å². The molecule has 0 bridgehead atoms. The van der Waals surface area contributed by atoms with Crippen LogP contribution in [0.5, 0.6) is 5.75 Å². The van der Waals surface area contributed by atoms with E-state index in [2.05, 4.69) is 0 Å². The molecule has 5 aromatic carbocycles. The van der Waals surface area contributed by atoms with Crippen LogP contribution in [0.2, 0.25) is 0 Å². The molecule has 13 heteroatoms. The summed E-state index contributed by atoms with van der Waals surface area (Å²) in [5, 5.41) is -3.99. The molecule has 0 atom stereocenters. The Labute approximate surface area is 221 Å². The Morgan fingerprint density at radius 3 is 1.51 bits per heavy atom. The summed E-state index contributed by atoms with van der Waals surface area (Å²) in [4.78, 5) is 0. The molecule has 1 nitrogen and oxygen atoms in total. The first kappa shape index (κ1) is 28.1. The van der Waals surface area contributed by atoms with Crippen molar-refractivity contribution in [1.29, 1.82) is 0 Å². The van der Waals surface area contributed by atoms with Gasteiger partial charge in [0.1, 0.15) is 17.1 Å². The fourth-order valence-electron chi connectivity index (χ4n) is 4.73. The number of benzene rings is 5. The molecule has 0 fully saturated rings. The van der Waals surface area contributed by atoms with Gasteiger partial charge in [0.15, 0.2) is 46.5 Å². The lowest BCUT2D eigenvalue weighted by Gasteiger charge is -2.21. The third-order valence-corrected chi connectivity index (χ3v) is 6.46. The zero-order chi connectivity index (χ0) is 30.1. The number of rotatable bonds is 3. The standard InChI is InChI=1S/C28H10F12O/c1-41-11-5-2-9(3-6-11)14-12-7-4-10(29)8-13(12)15(17-16(14)20(30)26(36)27(37)21(17)31)18-22(32)24(34)19(28(38,39)40)25(35)23(18)33/h2-8H,1H3. The number of methoxy groups -OCH3 is 1. The van der Waals surface area contributed by atoms with Crippen LogP contribution in [-0.4, -0.2) is 7.11 Å². The molecule has 41 heavy (non-hydrogen) atoms. The predicted molar refractivity (Wildman–Crippen MR) is 124 cm³/mol. The van der Waals surface area contributed by atoms with Crippen LogP contribution in [-0.2, 0) is 6.18 Å². The van der Waals surface area contributed by atoms with Crippen molar-refractivity contribution in [2.24, 2.45) is 0 Å². The zero-order valence-corrected chi connectivity index (χ0v) is 20.0. The van der Waals surface area contributed by atoms with Gasteiger partial charge in [0, 0.05) is 21.9 Å². The summed E-state index contributed by atoms with van der Waals surface area (Å²) in [6.07, 6.45) is -5.95. The van der Waals surface area contributed by atoms with Gasteiger partial charge in [-0.05, 0) is 40.6 Å². The van der Waals surface area contributed by atoms with Crippen LogP contribution >= 0.6 is 0 Å². The lowest BCUT2D eigenvalue weighted by molar-refractivity contribution is -0.143. The highest BCUT2D eigenvalue weighted by atomic mass is 19.4. The van der Waals surface area contributed by atoms with Gasteiger partial charge in [-0.2, -0.15) is 13.2 Å². The number of hydrogen-bond acceptors (Lipinski definition) is 1. The molecule has 5 rings (SSSR count). The second-order valence-corrected chi connectivity index (χ2v) is 8.68. The average Bonchev–Trinajstić information content (AvgIpc) is 2.93. The minimum atomic E-state index is -5.95. The zero-order valence-electron chi connectivity index (χ0n) is 20.0. The molecular weight excluding hydrogens is 580 g/mol. The molecule has 0 saturated carbocycles. The van der Waals surface area contributed by atoms with E-state index < -0.39 is 102 Å². The summed E-state index contributed by atoms with van der Waals surface area (Å²) >= 11 is 0. The Bertz CT molecular complexity index is 1860.